The summed E-state index contributed by atoms with van der Waals surface area (Å²) in [6.45, 7) is 15.6. The van der Waals surface area contributed by atoms with E-state index in [-0.39, 0.29) is 30.3 Å². The molecule has 0 saturated heterocycles. The summed E-state index contributed by atoms with van der Waals surface area (Å²) in [6, 6.07) is 28.1. The Labute approximate surface area is 400 Å². The van der Waals surface area contributed by atoms with Crippen molar-refractivity contribution in [1.29, 1.82) is 10.5 Å². The summed E-state index contributed by atoms with van der Waals surface area (Å²) < 4.78 is 44.7. The minimum Gasteiger partial charge on any atom is -0.497 e. The quantitative estimate of drug-likeness (QED) is 0.0547. The van der Waals surface area contributed by atoms with Crippen molar-refractivity contribution in [1.82, 2.24) is 20.3 Å². The number of aliphatic hydroxyl groups excluding tert-OH is 2. The van der Waals surface area contributed by atoms with E-state index in [9.17, 15) is 28.2 Å². The lowest BCUT2D eigenvalue weighted by molar-refractivity contribution is 0.0396. The summed E-state index contributed by atoms with van der Waals surface area (Å²) in [4.78, 5) is 24.9. The lowest BCUT2D eigenvalue weighted by Crippen LogP contribution is -2.52. The van der Waals surface area contributed by atoms with Gasteiger partial charge in [-0.05, 0) is 121 Å². The van der Waals surface area contributed by atoms with Gasteiger partial charge < -0.3 is 40.4 Å². The van der Waals surface area contributed by atoms with Gasteiger partial charge in [0.2, 0.25) is 10.0 Å². The van der Waals surface area contributed by atoms with Crippen molar-refractivity contribution in [2.75, 3.05) is 33.3 Å². The Morgan fingerprint density at radius 2 is 1.12 bits per heavy atom. The second kappa shape index (κ2) is 29.5. The number of hydrogen-bond acceptors (Lipinski definition) is 12. The van der Waals surface area contributed by atoms with Crippen LogP contribution in [0.25, 0.3) is 0 Å². The summed E-state index contributed by atoms with van der Waals surface area (Å²) >= 11 is 0. The predicted octanol–water partition coefficient (Wildman–Crippen LogP) is 7.92. The Balaban J connectivity index is 0.000000487. The van der Waals surface area contributed by atoms with E-state index in [0.29, 0.717) is 50.3 Å². The van der Waals surface area contributed by atoms with Crippen LogP contribution < -0.4 is 20.7 Å². The number of nitrogens with zero attached hydrogens (tertiary/aromatic N) is 3. The van der Waals surface area contributed by atoms with E-state index in [0.717, 1.165) is 30.5 Å². The van der Waals surface area contributed by atoms with Crippen LogP contribution in [0.1, 0.15) is 105 Å². The molecule has 0 bridgehead atoms. The maximum absolute atomic E-state index is 13.8. The molecule has 67 heavy (non-hydrogen) atoms. The standard InChI is InChI=1S/C29H41N3O6S.C22H35N3O3/c1-6-22(13-10-18-30)20-32(39(35,36)25-16-14-24(37-5)15-17-25)21-27(33)26(19-23-11-8-7-9-12-23)31-28(34)38-29(2,3)4;1-5-17(12-9-13-23)15-24-16-20(26)19(14-18-10-7-6-8-11-18)25-21(27)28-22(2,3)4/h7-9,11-12,14-17,22,26-27,33H,6,10,13,19-21H2,1-5H3,(H,31,34);6-8,10-11,17,19-20,24,26H,5,9,12,14-16H2,1-4H3,(H,25,27)/t22?,26-,27+;17?,19-,20+/m00/s1. The van der Waals surface area contributed by atoms with Crippen LogP contribution in [0.15, 0.2) is 89.8 Å². The third-order valence-corrected chi connectivity index (χ3v) is 12.6. The fraction of sp³-hybridized carbons (Fsp3) is 0.569. The minimum absolute atomic E-state index is 0.0605. The van der Waals surface area contributed by atoms with E-state index in [2.05, 4.69) is 35.0 Å². The average molecular weight is 949 g/mol. The van der Waals surface area contributed by atoms with Gasteiger partial charge in [-0.15, -0.1) is 0 Å². The molecule has 15 nitrogen and oxygen atoms in total. The minimum atomic E-state index is -4.02. The Kier molecular flexibility index (Phi) is 25.5. The molecule has 2 amide bonds. The number of aliphatic hydroxyl groups is 2. The van der Waals surface area contributed by atoms with Crippen LogP contribution >= 0.6 is 0 Å². The normalized spacial score (nSPS) is 14.4. The van der Waals surface area contributed by atoms with Crippen LogP contribution in [0.2, 0.25) is 0 Å². The van der Waals surface area contributed by atoms with Crippen molar-refractivity contribution in [2.45, 2.75) is 147 Å². The molecule has 0 aromatic heterocycles. The number of sulfonamides is 1. The number of ether oxygens (including phenoxy) is 3. The van der Waals surface area contributed by atoms with Crippen molar-refractivity contribution < 1.29 is 42.4 Å². The summed E-state index contributed by atoms with van der Waals surface area (Å²) in [7, 11) is -2.53. The molecule has 0 aliphatic rings. The highest BCUT2D eigenvalue weighted by Gasteiger charge is 2.33. The molecular weight excluding hydrogens is 873 g/mol. The SMILES string of the molecule is CCC(CCC#N)CN(C[C@@H](O)[C@H](Cc1ccccc1)NC(=O)OC(C)(C)C)S(=O)(=O)c1ccc(OC)cc1.CCC(CCC#N)CNC[C@@H](O)[C@H](Cc1ccccc1)NC(=O)OC(C)(C)C. The number of amides is 2. The number of alkyl carbamates (subject to hydrolysis) is 2. The van der Waals surface area contributed by atoms with E-state index < -0.39 is 57.7 Å². The Bertz CT molecular complexity index is 2070. The molecule has 16 heteroatoms. The topological polar surface area (TPSA) is 223 Å². The van der Waals surface area contributed by atoms with Gasteiger partial charge >= 0.3 is 12.2 Å². The van der Waals surface area contributed by atoms with Crippen LogP contribution in [0, 0.1) is 34.5 Å². The number of hydrogen-bond donors (Lipinski definition) is 5. The predicted molar refractivity (Wildman–Crippen MR) is 260 cm³/mol. The van der Waals surface area contributed by atoms with E-state index in [4.69, 9.17) is 24.7 Å². The average Bonchev–Trinajstić information content (AvgIpc) is 3.27. The number of rotatable bonds is 25. The fourth-order valence-corrected chi connectivity index (χ4v) is 8.54. The lowest BCUT2D eigenvalue weighted by Gasteiger charge is -2.32. The molecular formula is C51H76N6O9S. The zero-order chi connectivity index (χ0) is 50.0. The van der Waals surface area contributed by atoms with Gasteiger partial charge in [0.15, 0.2) is 0 Å². The van der Waals surface area contributed by atoms with Gasteiger partial charge in [0, 0.05) is 32.5 Å². The maximum Gasteiger partial charge on any atom is 0.407 e. The largest absolute Gasteiger partial charge is 0.497 e. The number of nitrogens with one attached hydrogen (secondary N) is 3. The fourth-order valence-electron chi connectivity index (χ4n) is 7.00. The van der Waals surface area contributed by atoms with Crippen LogP contribution in [0.3, 0.4) is 0 Å². The molecule has 0 fully saturated rings. The summed E-state index contributed by atoms with van der Waals surface area (Å²) in [5.41, 5.74) is 0.552. The van der Waals surface area contributed by atoms with E-state index >= 15 is 0 Å². The highest BCUT2D eigenvalue weighted by molar-refractivity contribution is 7.89. The van der Waals surface area contributed by atoms with E-state index in [1.165, 1.54) is 23.5 Å². The molecule has 0 spiro atoms. The van der Waals surface area contributed by atoms with Crippen molar-refractivity contribution in [2.24, 2.45) is 11.8 Å². The van der Waals surface area contributed by atoms with Gasteiger partial charge in [-0.2, -0.15) is 14.8 Å². The molecule has 6 atom stereocenters. The molecule has 3 aromatic carbocycles. The monoisotopic (exact) mass is 949 g/mol. The lowest BCUT2D eigenvalue weighted by atomic mass is 9.99. The van der Waals surface area contributed by atoms with Gasteiger partial charge in [0.25, 0.3) is 0 Å². The Hall–Kier alpha value is -5.23. The molecule has 0 aliphatic heterocycles. The van der Waals surface area contributed by atoms with Crippen molar-refractivity contribution in [3.05, 3.63) is 96.1 Å². The number of benzene rings is 3. The zero-order valence-electron chi connectivity index (χ0n) is 41.0. The second-order valence-electron chi connectivity index (χ2n) is 18.6. The molecule has 0 heterocycles. The maximum atomic E-state index is 13.8. The number of carbonyl (C=O) groups is 2. The molecule has 3 rings (SSSR count). The molecule has 5 N–H and O–H groups in total. The first-order valence-electron chi connectivity index (χ1n) is 23.2. The van der Waals surface area contributed by atoms with Gasteiger partial charge in [0.05, 0.1) is 48.4 Å². The van der Waals surface area contributed by atoms with Gasteiger partial charge in [-0.1, -0.05) is 87.4 Å². The zero-order valence-corrected chi connectivity index (χ0v) is 41.9. The first-order chi connectivity index (χ1) is 31.6. The van der Waals surface area contributed by atoms with Crippen molar-refractivity contribution in [3.63, 3.8) is 0 Å². The molecule has 3 aromatic rings. The van der Waals surface area contributed by atoms with Crippen molar-refractivity contribution in [3.8, 4) is 17.9 Å². The van der Waals surface area contributed by atoms with E-state index in [1.54, 1.807) is 32.9 Å². The van der Waals surface area contributed by atoms with Gasteiger partial charge in [-0.25, -0.2) is 18.0 Å². The number of carbonyl (C=O) groups excluding carboxylic acids is 2. The van der Waals surface area contributed by atoms with E-state index in [1.807, 2.05) is 88.4 Å². The number of methoxy groups -OCH3 is 1. The Morgan fingerprint density at radius 3 is 1.54 bits per heavy atom. The first-order valence-corrected chi connectivity index (χ1v) is 24.6. The summed E-state index contributed by atoms with van der Waals surface area (Å²) in [5.74, 6) is 0.833. The number of nitriles is 2. The summed E-state index contributed by atoms with van der Waals surface area (Å²) in [5, 5.41) is 48.7. The van der Waals surface area contributed by atoms with Crippen molar-refractivity contribution >= 4 is 22.2 Å². The first kappa shape index (κ1) is 57.9. The molecule has 2 unspecified atom stereocenters. The van der Waals surface area contributed by atoms with Crippen LogP contribution in [0.5, 0.6) is 5.75 Å². The Morgan fingerprint density at radius 1 is 0.672 bits per heavy atom. The van der Waals surface area contributed by atoms with Crippen LogP contribution in [0.4, 0.5) is 9.59 Å². The smallest absolute Gasteiger partial charge is 0.407 e. The van der Waals surface area contributed by atoms with Gasteiger partial charge in [-0.3, -0.25) is 0 Å². The van der Waals surface area contributed by atoms with Gasteiger partial charge in [0.1, 0.15) is 17.0 Å². The molecule has 370 valence electrons. The third-order valence-electron chi connectivity index (χ3n) is 10.7. The highest BCUT2D eigenvalue weighted by atomic mass is 32.2. The summed E-state index contributed by atoms with van der Waals surface area (Å²) in [6.07, 6.45) is 1.39. The van der Waals surface area contributed by atoms with Crippen LogP contribution in [-0.4, -0.2) is 104 Å². The second-order valence-corrected chi connectivity index (χ2v) is 20.6. The third kappa shape index (κ3) is 23.4. The molecule has 0 radical (unpaired) electrons. The molecule has 0 aliphatic carbocycles. The highest BCUT2D eigenvalue weighted by Crippen LogP contribution is 2.24. The molecule has 0 saturated carbocycles. The van der Waals surface area contributed by atoms with Crippen LogP contribution in [-0.2, 0) is 32.3 Å².